The first kappa shape index (κ1) is 11.8. The van der Waals surface area contributed by atoms with Crippen LogP contribution in [0.25, 0.3) is 0 Å². The number of rotatable bonds is 3. The van der Waals surface area contributed by atoms with Gasteiger partial charge in [0.05, 0.1) is 13.2 Å². The smallest absolute Gasteiger partial charge is 0.423 e. The molecule has 6 heteroatoms. The highest BCUT2D eigenvalue weighted by molar-refractivity contribution is 6.61. The molecule has 1 amide bonds. The van der Waals surface area contributed by atoms with Gasteiger partial charge >= 0.3 is 7.12 Å². The van der Waals surface area contributed by atoms with Crippen molar-refractivity contribution in [1.82, 2.24) is 5.32 Å². The Kier molecular flexibility index (Phi) is 3.26. The predicted molar refractivity (Wildman–Crippen MR) is 62.0 cm³/mol. The van der Waals surface area contributed by atoms with Gasteiger partial charge in [0.25, 0.3) is 5.91 Å². The monoisotopic (exact) mass is 233 g/mol. The maximum atomic E-state index is 11.7. The maximum Gasteiger partial charge on any atom is 0.491 e. The van der Waals surface area contributed by atoms with Gasteiger partial charge in [0, 0.05) is 5.56 Å². The molecule has 1 aromatic carbocycles. The fraction of sp³-hybridized carbons (Fsp3) is 0.273. The first-order chi connectivity index (χ1) is 8.13. The molecule has 0 radical (unpaired) electrons. The van der Waals surface area contributed by atoms with Gasteiger partial charge in [0.2, 0.25) is 0 Å². The third kappa shape index (κ3) is 2.23. The van der Waals surface area contributed by atoms with Crippen molar-refractivity contribution in [3.05, 3.63) is 28.8 Å². The highest BCUT2D eigenvalue weighted by Crippen LogP contribution is 2.15. The highest BCUT2D eigenvalue weighted by Gasteiger charge is 2.28. The first-order valence-corrected chi connectivity index (χ1v) is 5.28. The number of benzene rings is 1. The minimum Gasteiger partial charge on any atom is -0.423 e. The second-order valence-electron chi connectivity index (χ2n) is 3.91. The van der Waals surface area contributed by atoms with Crippen molar-refractivity contribution in [2.75, 3.05) is 6.54 Å². The quantitative estimate of drug-likeness (QED) is 0.526. The fourth-order valence-corrected chi connectivity index (χ4v) is 1.87. The predicted octanol–water partition coefficient (Wildman–Crippen LogP) is -0.859. The standard InChI is InChI=1S/C11H12BNO4/c1-7-4-8-6-17-12(16)10(8)5-9(7)11(15)13-2-3-14/h3-5,16H,2,6H2,1H3,(H,13,15). The summed E-state index contributed by atoms with van der Waals surface area (Å²) in [6, 6.07) is 3.43. The van der Waals surface area contributed by atoms with E-state index in [1.54, 1.807) is 13.0 Å². The topological polar surface area (TPSA) is 75.6 Å². The van der Waals surface area contributed by atoms with Crippen LogP contribution < -0.4 is 10.8 Å². The SMILES string of the molecule is Cc1cc2c(cc1C(=O)NCC=O)B(O)OC2. The van der Waals surface area contributed by atoms with E-state index in [-0.39, 0.29) is 12.5 Å². The van der Waals surface area contributed by atoms with Crippen molar-refractivity contribution < 1.29 is 19.3 Å². The Morgan fingerprint density at radius 2 is 2.41 bits per heavy atom. The molecule has 0 aliphatic carbocycles. The lowest BCUT2D eigenvalue weighted by molar-refractivity contribution is -0.107. The zero-order valence-corrected chi connectivity index (χ0v) is 9.40. The molecule has 0 spiro atoms. The summed E-state index contributed by atoms with van der Waals surface area (Å²) in [5.41, 5.74) is 2.76. The minimum atomic E-state index is -0.969. The lowest BCUT2D eigenvalue weighted by Crippen LogP contribution is -2.31. The van der Waals surface area contributed by atoms with Crippen LogP contribution in [0.2, 0.25) is 0 Å². The van der Waals surface area contributed by atoms with E-state index in [1.165, 1.54) is 0 Å². The van der Waals surface area contributed by atoms with E-state index in [0.717, 1.165) is 11.1 Å². The van der Waals surface area contributed by atoms with E-state index in [4.69, 9.17) is 4.65 Å². The van der Waals surface area contributed by atoms with Gasteiger partial charge in [-0.3, -0.25) is 4.79 Å². The molecule has 17 heavy (non-hydrogen) atoms. The molecule has 0 bridgehead atoms. The fourth-order valence-electron chi connectivity index (χ4n) is 1.87. The van der Waals surface area contributed by atoms with Gasteiger partial charge in [-0.1, -0.05) is 6.07 Å². The number of aryl methyl sites for hydroxylation is 1. The molecule has 0 saturated carbocycles. The number of amides is 1. The van der Waals surface area contributed by atoms with Crippen LogP contribution in [0.5, 0.6) is 0 Å². The number of carbonyl (C=O) groups is 2. The molecule has 1 heterocycles. The van der Waals surface area contributed by atoms with Crippen LogP contribution in [-0.2, 0) is 16.1 Å². The Labute approximate surface area is 98.9 Å². The zero-order chi connectivity index (χ0) is 12.4. The van der Waals surface area contributed by atoms with E-state index in [2.05, 4.69) is 5.32 Å². The Morgan fingerprint density at radius 1 is 1.65 bits per heavy atom. The van der Waals surface area contributed by atoms with Crippen molar-refractivity contribution in [3.8, 4) is 0 Å². The summed E-state index contributed by atoms with van der Waals surface area (Å²) in [5.74, 6) is -0.323. The third-order valence-electron chi connectivity index (χ3n) is 2.74. The maximum absolute atomic E-state index is 11.7. The lowest BCUT2D eigenvalue weighted by atomic mass is 9.78. The van der Waals surface area contributed by atoms with Crippen molar-refractivity contribution in [2.45, 2.75) is 13.5 Å². The van der Waals surface area contributed by atoms with Gasteiger partial charge in [0.1, 0.15) is 6.29 Å². The Bertz CT molecular complexity index is 475. The Hall–Kier alpha value is -1.66. The molecule has 88 valence electrons. The van der Waals surface area contributed by atoms with Gasteiger partial charge in [-0.2, -0.15) is 0 Å². The summed E-state index contributed by atoms with van der Waals surface area (Å²) in [4.78, 5) is 21.9. The molecule has 0 atom stereocenters. The normalized spacial score (nSPS) is 13.4. The summed E-state index contributed by atoms with van der Waals surface area (Å²) in [6.07, 6.45) is 0.624. The molecule has 1 aliphatic rings. The average molecular weight is 233 g/mol. The molecule has 2 rings (SSSR count). The van der Waals surface area contributed by atoms with Crippen molar-refractivity contribution in [1.29, 1.82) is 0 Å². The summed E-state index contributed by atoms with van der Waals surface area (Å²) in [6.45, 7) is 2.14. The molecule has 5 nitrogen and oxygen atoms in total. The number of hydrogen-bond donors (Lipinski definition) is 2. The number of hydrogen-bond acceptors (Lipinski definition) is 4. The van der Waals surface area contributed by atoms with Crippen LogP contribution in [0.15, 0.2) is 12.1 Å². The second-order valence-corrected chi connectivity index (χ2v) is 3.91. The number of nitrogens with one attached hydrogen (secondary N) is 1. The highest BCUT2D eigenvalue weighted by atomic mass is 16.5. The Morgan fingerprint density at radius 3 is 3.12 bits per heavy atom. The lowest BCUT2D eigenvalue weighted by Gasteiger charge is -2.08. The van der Waals surface area contributed by atoms with E-state index in [1.807, 2.05) is 6.07 Å². The van der Waals surface area contributed by atoms with Crippen LogP contribution in [0.3, 0.4) is 0 Å². The molecular weight excluding hydrogens is 221 g/mol. The van der Waals surface area contributed by atoms with Crippen molar-refractivity contribution >= 4 is 24.8 Å². The van der Waals surface area contributed by atoms with Gasteiger partial charge in [-0.25, -0.2) is 0 Å². The third-order valence-corrected chi connectivity index (χ3v) is 2.74. The van der Waals surface area contributed by atoms with Crippen molar-refractivity contribution in [2.24, 2.45) is 0 Å². The second kappa shape index (κ2) is 4.69. The molecule has 1 aromatic rings. The number of fused-ring (bicyclic) bond motifs is 1. The van der Waals surface area contributed by atoms with Gasteiger partial charge < -0.3 is 19.8 Å². The number of aldehydes is 1. The summed E-state index contributed by atoms with van der Waals surface area (Å²) >= 11 is 0. The summed E-state index contributed by atoms with van der Waals surface area (Å²) in [7, 11) is -0.969. The van der Waals surface area contributed by atoms with Crippen LogP contribution in [0.1, 0.15) is 21.5 Å². The van der Waals surface area contributed by atoms with E-state index >= 15 is 0 Å². The van der Waals surface area contributed by atoms with Gasteiger partial charge in [-0.15, -0.1) is 0 Å². The van der Waals surface area contributed by atoms with Gasteiger partial charge in [-0.05, 0) is 29.6 Å². The minimum absolute atomic E-state index is 0.0194. The van der Waals surface area contributed by atoms with Crippen LogP contribution in [0, 0.1) is 6.92 Å². The molecule has 2 N–H and O–H groups in total. The molecule has 0 unspecified atom stereocenters. The first-order valence-electron chi connectivity index (χ1n) is 5.28. The van der Waals surface area contributed by atoms with Crippen LogP contribution in [-0.4, -0.2) is 30.9 Å². The van der Waals surface area contributed by atoms with E-state index in [0.29, 0.717) is 23.9 Å². The van der Waals surface area contributed by atoms with Crippen LogP contribution >= 0.6 is 0 Å². The largest absolute Gasteiger partial charge is 0.491 e. The molecule has 1 aliphatic heterocycles. The van der Waals surface area contributed by atoms with Crippen LogP contribution in [0.4, 0.5) is 0 Å². The van der Waals surface area contributed by atoms with Gasteiger partial charge in [0.15, 0.2) is 0 Å². The van der Waals surface area contributed by atoms with E-state index < -0.39 is 7.12 Å². The average Bonchev–Trinajstić information content (AvgIpc) is 2.66. The number of carbonyl (C=O) groups excluding carboxylic acids is 2. The summed E-state index contributed by atoms with van der Waals surface area (Å²) in [5, 5.41) is 12.0. The zero-order valence-electron chi connectivity index (χ0n) is 9.40. The Balaban J connectivity index is 2.32. The summed E-state index contributed by atoms with van der Waals surface area (Å²) < 4.78 is 5.06. The molecular formula is C11H12BNO4. The van der Waals surface area contributed by atoms with E-state index in [9.17, 15) is 14.6 Å². The molecule has 0 fully saturated rings. The van der Waals surface area contributed by atoms with Crippen molar-refractivity contribution in [3.63, 3.8) is 0 Å². The molecule has 0 saturated heterocycles. The molecule has 0 aromatic heterocycles.